The Bertz CT molecular complexity index is 2390. The molecule has 4 heterocycles. The van der Waals surface area contributed by atoms with Gasteiger partial charge in [0, 0.05) is 33.6 Å². The summed E-state index contributed by atoms with van der Waals surface area (Å²) in [7, 11) is 0. The summed E-state index contributed by atoms with van der Waals surface area (Å²) >= 11 is 0. The predicted molar refractivity (Wildman–Crippen MR) is 173 cm³/mol. The number of benzene rings is 5. The molecular formula is C38H24N4. The van der Waals surface area contributed by atoms with Crippen LogP contribution in [0, 0.1) is 0 Å². The molecule has 196 valence electrons. The summed E-state index contributed by atoms with van der Waals surface area (Å²) in [5, 5.41) is 3.62. The van der Waals surface area contributed by atoms with E-state index in [1.54, 1.807) is 0 Å². The summed E-state index contributed by atoms with van der Waals surface area (Å²) in [6.45, 7) is 0. The number of hydrogen-bond acceptors (Lipinski definition) is 2. The lowest BCUT2D eigenvalue weighted by Crippen LogP contribution is -1.93. The average molecular weight is 537 g/mol. The molecule has 0 bridgehead atoms. The minimum atomic E-state index is 0.923. The molecule has 4 heteroatoms. The third kappa shape index (κ3) is 3.36. The van der Waals surface area contributed by atoms with E-state index in [1.807, 2.05) is 24.3 Å². The molecular weight excluding hydrogens is 512 g/mol. The average Bonchev–Trinajstić information content (AvgIpc) is 3.61. The number of imidazole rings is 1. The number of para-hydroxylation sites is 3. The standard InChI is InChI=1S/C38H24N4/c1-4-12-32-31(11-1)37-38(41-24-8-7-15-35(41)40-37)36(39-32)27-18-16-25(17-19-27)26-20-22-28(23-21-26)42-33-13-5-2-9-29(33)30-10-3-6-14-34(30)42/h1-24H. The normalized spacial score (nSPS) is 11.8. The zero-order valence-corrected chi connectivity index (χ0v) is 22.6. The Labute approximate surface area is 241 Å². The van der Waals surface area contributed by atoms with E-state index in [-0.39, 0.29) is 0 Å². The molecule has 9 aromatic rings. The van der Waals surface area contributed by atoms with Crippen molar-refractivity contribution in [2.24, 2.45) is 0 Å². The van der Waals surface area contributed by atoms with Crippen LogP contribution in [0.3, 0.4) is 0 Å². The van der Waals surface area contributed by atoms with Gasteiger partial charge in [-0.2, -0.15) is 0 Å². The molecule has 0 spiro atoms. The highest BCUT2D eigenvalue weighted by molar-refractivity contribution is 6.10. The first kappa shape index (κ1) is 23.0. The van der Waals surface area contributed by atoms with Gasteiger partial charge in [0.15, 0.2) is 0 Å². The summed E-state index contributed by atoms with van der Waals surface area (Å²) in [5.74, 6) is 0. The van der Waals surface area contributed by atoms with Crippen molar-refractivity contribution < 1.29 is 0 Å². The minimum Gasteiger partial charge on any atom is -0.309 e. The Kier molecular flexibility index (Phi) is 4.87. The van der Waals surface area contributed by atoms with E-state index in [0.717, 1.165) is 44.5 Å². The fourth-order valence-corrected chi connectivity index (χ4v) is 6.38. The molecule has 0 saturated heterocycles. The molecule has 9 rings (SSSR count). The quantitative estimate of drug-likeness (QED) is 0.225. The van der Waals surface area contributed by atoms with Crippen molar-refractivity contribution in [1.29, 1.82) is 0 Å². The molecule has 0 amide bonds. The largest absolute Gasteiger partial charge is 0.309 e. The number of fused-ring (bicyclic) bond motifs is 8. The maximum atomic E-state index is 5.12. The highest BCUT2D eigenvalue weighted by Gasteiger charge is 2.16. The lowest BCUT2D eigenvalue weighted by molar-refractivity contribution is 1.18. The fourth-order valence-electron chi connectivity index (χ4n) is 6.38. The molecule has 0 aliphatic rings. The number of pyridine rings is 2. The van der Waals surface area contributed by atoms with E-state index in [2.05, 4.69) is 130 Å². The van der Waals surface area contributed by atoms with E-state index in [1.165, 1.54) is 32.9 Å². The van der Waals surface area contributed by atoms with Crippen molar-refractivity contribution in [3.63, 3.8) is 0 Å². The van der Waals surface area contributed by atoms with Crippen LogP contribution < -0.4 is 0 Å². The van der Waals surface area contributed by atoms with Crippen LogP contribution >= 0.6 is 0 Å². The lowest BCUT2D eigenvalue weighted by Gasteiger charge is -2.10. The molecule has 0 N–H and O–H groups in total. The zero-order valence-electron chi connectivity index (χ0n) is 22.6. The highest BCUT2D eigenvalue weighted by atomic mass is 15.0. The molecule has 0 aliphatic heterocycles. The van der Waals surface area contributed by atoms with Gasteiger partial charge in [-0.05, 0) is 53.6 Å². The van der Waals surface area contributed by atoms with Crippen LogP contribution in [-0.2, 0) is 0 Å². The van der Waals surface area contributed by atoms with Gasteiger partial charge >= 0.3 is 0 Å². The third-order valence-electron chi connectivity index (χ3n) is 8.34. The second-order valence-corrected chi connectivity index (χ2v) is 10.7. The molecule has 4 nitrogen and oxygen atoms in total. The van der Waals surface area contributed by atoms with E-state index in [9.17, 15) is 0 Å². The number of aromatic nitrogens is 4. The molecule has 0 atom stereocenters. The Hall–Kier alpha value is -5.74. The molecule has 0 aliphatic carbocycles. The Balaban J connectivity index is 1.14. The first-order chi connectivity index (χ1) is 20.8. The Morgan fingerprint density at radius 1 is 0.452 bits per heavy atom. The molecule has 5 aromatic carbocycles. The van der Waals surface area contributed by atoms with Crippen molar-refractivity contribution in [3.05, 3.63) is 146 Å². The first-order valence-electron chi connectivity index (χ1n) is 14.2. The maximum absolute atomic E-state index is 5.12. The molecule has 4 aromatic heterocycles. The van der Waals surface area contributed by atoms with Crippen LogP contribution in [0.25, 0.3) is 77.5 Å². The predicted octanol–water partition coefficient (Wildman–Crippen LogP) is 9.47. The molecule has 0 radical (unpaired) electrons. The van der Waals surface area contributed by atoms with Crippen LogP contribution in [0.4, 0.5) is 0 Å². The third-order valence-corrected chi connectivity index (χ3v) is 8.34. The van der Waals surface area contributed by atoms with Crippen LogP contribution in [-0.4, -0.2) is 18.9 Å². The van der Waals surface area contributed by atoms with Crippen molar-refractivity contribution in [2.45, 2.75) is 0 Å². The van der Waals surface area contributed by atoms with Gasteiger partial charge in [-0.1, -0.05) is 97.1 Å². The van der Waals surface area contributed by atoms with E-state index < -0.39 is 0 Å². The summed E-state index contributed by atoms with van der Waals surface area (Å²) in [5.41, 5.74) is 11.8. The summed E-state index contributed by atoms with van der Waals surface area (Å²) in [6, 6.07) is 49.2. The summed E-state index contributed by atoms with van der Waals surface area (Å²) in [6.07, 6.45) is 2.07. The smallest absolute Gasteiger partial charge is 0.137 e. The van der Waals surface area contributed by atoms with Crippen LogP contribution in [0.5, 0.6) is 0 Å². The Morgan fingerprint density at radius 2 is 1.02 bits per heavy atom. The van der Waals surface area contributed by atoms with Crippen molar-refractivity contribution in [1.82, 2.24) is 18.9 Å². The van der Waals surface area contributed by atoms with Gasteiger partial charge in [0.25, 0.3) is 0 Å². The molecule has 0 saturated carbocycles. The Morgan fingerprint density at radius 3 is 1.74 bits per heavy atom. The van der Waals surface area contributed by atoms with Crippen LogP contribution in [0.1, 0.15) is 0 Å². The second-order valence-electron chi connectivity index (χ2n) is 10.7. The maximum Gasteiger partial charge on any atom is 0.137 e. The number of rotatable bonds is 3. The molecule has 0 unspecified atom stereocenters. The molecule has 42 heavy (non-hydrogen) atoms. The van der Waals surface area contributed by atoms with E-state index in [0.29, 0.717) is 0 Å². The van der Waals surface area contributed by atoms with Gasteiger partial charge in [0.2, 0.25) is 0 Å². The van der Waals surface area contributed by atoms with Crippen molar-refractivity contribution >= 4 is 49.4 Å². The van der Waals surface area contributed by atoms with Gasteiger partial charge in [-0.15, -0.1) is 0 Å². The van der Waals surface area contributed by atoms with Gasteiger partial charge in [0.1, 0.15) is 11.2 Å². The van der Waals surface area contributed by atoms with Crippen molar-refractivity contribution in [2.75, 3.05) is 0 Å². The van der Waals surface area contributed by atoms with Gasteiger partial charge in [-0.3, -0.25) is 4.40 Å². The minimum absolute atomic E-state index is 0.923. The van der Waals surface area contributed by atoms with Crippen LogP contribution in [0.15, 0.2) is 146 Å². The second kappa shape index (κ2) is 8.88. The number of hydrogen-bond donors (Lipinski definition) is 0. The first-order valence-corrected chi connectivity index (χ1v) is 14.2. The van der Waals surface area contributed by atoms with Gasteiger partial charge in [-0.25, -0.2) is 9.97 Å². The van der Waals surface area contributed by atoms with Gasteiger partial charge in [0.05, 0.1) is 27.8 Å². The van der Waals surface area contributed by atoms with Crippen molar-refractivity contribution in [3.8, 4) is 28.1 Å². The highest BCUT2D eigenvalue weighted by Crippen LogP contribution is 2.35. The number of nitrogens with zero attached hydrogens (tertiary/aromatic N) is 4. The SMILES string of the molecule is c1ccc2c(c1)nc(-c1ccc(-c3ccc(-n4c5ccccc5c5ccccc54)cc3)cc1)c1c2nc2ccccn21. The monoisotopic (exact) mass is 536 g/mol. The summed E-state index contributed by atoms with van der Waals surface area (Å²) < 4.78 is 4.50. The van der Waals surface area contributed by atoms with Crippen LogP contribution in [0.2, 0.25) is 0 Å². The van der Waals surface area contributed by atoms with E-state index >= 15 is 0 Å². The molecule has 0 fully saturated rings. The van der Waals surface area contributed by atoms with E-state index in [4.69, 9.17) is 9.97 Å². The zero-order chi connectivity index (χ0) is 27.6. The van der Waals surface area contributed by atoms with Gasteiger partial charge < -0.3 is 4.57 Å². The fraction of sp³-hybridized carbons (Fsp3) is 0. The topological polar surface area (TPSA) is 35.1 Å². The lowest BCUT2D eigenvalue weighted by atomic mass is 10.0. The summed E-state index contributed by atoms with van der Waals surface area (Å²) in [4.78, 5) is 10.1.